The van der Waals surface area contributed by atoms with Gasteiger partial charge in [-0.25, -0.2) is 0 Å². The fraction of sp³-hybridized carbons (Fsp3) is 0.333. The zero-order valence-corrected chi connectivity index (χ0v) is 14.4. The molecule has 1 heterocycles. The summed E-state index contributed by atoms with van der Waals surface area (Å²) >= 11 is 1.55. The fourth-order valence-corrected chi connectivity index (χ4v) is 2.82. The molecular formula is C18H20N2O2S. The van der Waals surface area contributed by atoms with E-state index in [0.717, 1.165) is 27.8 Å². The Morgan fingerprint density at radius 3 is 2.83 bits per heavy atom. The number of primary amides is 1. The summed E-state index contributed by atoms with van der Waals surface area (Å²) in [6, 6.07) is 5.79. The number of thioether (sulfide) groups is 1. The molecule has 1 amide bonds. The van der Waals surface area contributed by atoms with Gasteiger partial charge in [-0.1, -0.05) is 5.92 Å². The second kappa shape index (κ2) is 6.93. The molecule has 1 aromatic carbocycles. The summed E-state index contributed by atoms with van der Waals surface area (Å²) in [7, 11) is 0. The molecule has 0 spiro atoms. The second-order valence-corrected chi connectivity index (χ2v) is 6.86. The van der Waals surface area contributed by atoms with Gasteiger partial charge in [-0.3, -0.25) is 9.78 Å². The van der Waals surface area contributed by atoms with Crippen molar-refractivity contribution in [2.45, 2.75) is 31.6 Å². The molecule has 2 aromatic rings. The van der Waals surface area contributed by atoms with Crippen LogP contribution in [0.2, 0.25) is 0 Å². The van der Waals surface area contributed by atoms with Crippen LogP contribution in [-0.2, 0) is 4.79 Å². The molecule has 4 nitrogen and oxygen atoms in total. The molecule has 0 fully saturated rings. The normalized spacial score (nSPS) is 13.3. The Bertz CT molecular complexity index is 782. The number of amides is 1. The Hall–Kier alpha value is -2.19. The number of carbonyl (C=O) groups is 1. The highest BCUT2D eigenvalue weighted by molar-refractivity contribution is 7.99. The predicted molar refractivity (Wildman–Crippen MR) is 95.4 cm³/mol. The Balaban J connectivity index is 2.35. The smallest absolute Gasteiger partial charge is 0.217 e. The average Bonchev–Trinajstić information content (AvgIpc) is 2.52. The number of pyridine rings is 1. The van der Waals surface area contributed by atoms with E-state index in [2.05, 4.69) is 10.9 Å². The van der Waals surface area contributed by atoms with E-state index in [0.29, 0.717) is 6.42 Å². The van der Waals surface area contributed by atoms with Gasteiger partial charge in [0.05, 0.1) is 5.52 Å². The third kappa shape index (κ3) is 4.17. The van der Waals surface area contributed by atoms with Crippen LogP contribution in [0.4, 0.5) is 0 Å². The lowest BCUT2D eigenvalue weighted by atomic mass is 10.1. The first kappa shape index (κ1) is 17.2. The molecule has 23 heavy (non-hydrogen) atoms. The molecule has 0 saturated heterocycles. The number of terminal acetylenes is 1. The van der Waals surface area contributed by atoms with Crippen molar-refractivity contribution < 1.29 is 9.53 Å². The highest BCUT2D eigenvalue weighted by atomic mass is 32.2. The zero-order valence-electron chi connectivity index (χ0n) is 13.6. The molecule has 1 unspecified atom stereocenters. The van der Waals surface area contributed by atoms with Gasteiger partial charge in [-0.05, 0) is 43.9 Å². The summed E-state index contributed by atoms with van der Waals surface area (Å²) in [4.78, 5) is 14.9. The van der Waals surface area contributed by atoms with Crippen LogP contribution < -0.4 is 10.5 Å². The van der Waals surface area contributed by atoms with Crippen molar-refractivity contribution in [3.05, 3.63) is 35.5 Å². The van der Waals surface area contributed by atoms with Crippen molar-refractivity contribution in [1.82, 2.24) is 4.98 Å². The molecule has 2 rings (SSSR count). The lowest BCUT2D eigenvalue weighted by molar-refractivity contribution is -0.118. The Morgan fingerprint density at radius 2 is 2.22 bits per heavy atom. The van der Waals surface area contributed by atoms with Crippen molar-refractivity contribution in [1.29, 1.82) is 0 Å². The van der Waals surface area contributed by atoms with Crippen LogP contribution in [0.3, 0.4) is 0 Å². The lowest BCUT2D eigenvalue weighted by Gasteiger charge is -2.29. The number of hydrogen-bond donors (Lipinski definition) is 1. The van der Waals surface area contributed by atoms with Gasteiger partial charge in [-0.2, -0.15) is 0 Å². The van der Waals surface area contributed by atoms with Crippen LogP contribution in [-0.4, -0.2) is 22.1 Å². The number of aryl methyl sites for hydroxylation is 1. The lowest BCUT2D eigenvalue weighted by Crippen LogP contribution is -2.30. The van der Waals surface area contributed by atoms with E-state index in [9.17, 15) is 4.79 Å². The Kier molecular flexibility index (Phi) is 5.17. The summed E-state index contributed by atoms with van der Waals surface area (Å²) in [6.07, 6.45) is 9.91. The van der Waals surface area contributed by atoms with Gasteiger partial charge in [0.2, 0.25) is 5.91 Å². The molecule has 0 saturated carbocycles. The molecule has 1 aromatic heterocycles. The highest BCUT2D eigenvalue weighted by Crippen LogP contribution is 2.33. The second-order valence-electron chi connectivity index (χ2n) is 5.59. The molecule has 0 aliphatic rings. The van der Waals surface area contributed by atoms with E-state index >= 15 is 0 Å². The van der Waals surface area contributed by atoms with Gasteiger partial charge in [0.1, 0.15) is 5.75 Å². The molecular weight excluding hydrogens is 308 g/mol. The predicted octanol–water partition coefficient (Wildman–Crippen LogP) is 3.25. The van der Waals surface area contributed by atoms with Crippen molar-refractivity contribution in [3.63, 3.8) is 0 Å². The summed E-state index contributed by atoms with van der Waals surface area (Å²) in [5.74, 6) is 2.99. The topological polar surface area (TPSA) is 65.2 Å². The van der Waals surface area contributed by atoms with Crippen LogP contribution in [0, 0.1) is 19.3 Å². The molecule has 1 atom stereocenters. The van der Waals surface area contributed by atoms with Gasteiger partial charge in [-0.15, -0.1) is 18.2 Å². The summed E-state index contributed by atoms with van der Waals surface area (Å²) < 4.78 is 6.14. The largest absolute Gasteiger partial charge is 0.477 e. The van der Waals surface area contributed by atoms with Gasteiger partial charge in [0.25, 0.3) is 0 Å². The van der Waals surface area contributed by atoms with Crippen LogP contribution in [0.5, 0.6) is 5.75 Å². The van der Waals surface area contributed by atoms with Crippen molar-refractivity contribution >= 4 is 28.6 Å². The van der Waals surface area contributed by atoms with E-state index < -0.39 is 4.93 Å². The van der Waals surface area contributed by atoms with Crippen molar-refractivity contribution in [3.8, 4) is 18.1 Å². The monoisotopic (exact) mass is 328 g/mol. The minimum atomic E-state index is -0.522. The first-order chi connectivity index (χ1) is 10.9. The SMILES string of the molecule is C#Cc1cnc2c(C)cc(OC(C)(CCC(N)=O)SC)cc2c1. The Labute approximate surface area is 140 Å². The standard InChI is InChI=1S/C18H20N2O2S/c1-5-13-9-14-10-15(8-12(2)17(14)20-11-13)22-18(3,23-4)7-6-16(19)21/h1,8-11H,6-7H2,2-4H3,(H2,19,21). The van der Waals surface area contributed by atoms with E-state index in [4.69, 9.17) is 16.9 Å². The van der Waals surface area contributed by atoms with Gasteiger partial charge in [0.15, 0.2) is 4.93 Å². The molecule has 0 radical (unpaired) electrons. The number of nitrogens with two attached hydrogens (primary N) is 1. The summed E-state index contributed by atoms with van der Waals surface area (Å²) in [6.45, 7) is 3.94. The number of carbonyl (C=O) groups excluding carboxylic acids is 1. The van der Waals surface area contributed by atoms with Crippen LogP contribution in [0.15, 0.2) is 24.4 Å². The maximum atomic E-state index is 11.0. The van der Waals surface area contributed by atoms with E-state index in [-0.39, 0.29) is 12.3 Å². The zero-order chi connectivity index (χ0) is 17.0. The quantitative estimate of drug-likeness (QED) is 0.653. The minimum Gasteiger partial charge on any atom is -0.477 e. The molecule has 0 aliphatic heterocycles. The minimum absolute atomic E-state index is 0.284. The third-order valence-electron chi connectivity index (χ3n) is 3.70. The first-order valence-electron chi connectivity index (χ1n) is 7.26. The van der Waals surface area contributed by atoms with E-state index in [1.807, 2.05) is 38.3 Å². The van der Waals surface area contributed by atoms with Crippen molar-refractivity contribution in [2.24, 2.45) is 5.73 Å². The van der Waals surface area contributed by atoms with Gasteiger partial charge >= 0.3 is 0 Å². The third-order valence-corrected chi connectivity index (χ3v) is 4.86. The van der Waals surface area contributed by atoms with Gasteiger partial charge < -0.3 is 10.5 Å². The summed E-state index contributed by atoms with van der Waals surface area (Å²) in [5, 5.41) is 0.939. The average molecular weight is 328 g/mol. The fourth-order valence-electron chi connectivity index (χ4n) is 2.33. The maximum absolute atomic E-state index is 11.0. The molecule has 2 N–H and O–H groups in total. The van der Waals surface area contributed by atoms with Gasteiger partial charge in [0, 0.05) is 30.0 Å². The first-order valence-corrected chi connectivity index (χ1v) is 8.49. The van der Waals surface area contributed by atoms with E-state index in [1.165, 1.54) is 0 Å². The van der Waals surface area contributed by atoms with Crippen molar-refractivity contribution in [2.75, 3.05) is 6.26 Å². The number of aromatic nitrogens is 1. The molecule has 0 aliphatic carbocycles. The molecule has 5 heteroatoms. The van der Waals surface area contributed by atoms with E-state index in [1.54, 1.807) is 18.0 Å². The molecule has 120 valence electrons. The van der Waals surface area contributed by atoms with Crippen LogP contribution >= 0.6 is 11.8 Å². The number of rotatable bonds is 6. The number of hydrogen-bond acceptors (Lipinski definition) is 4. The number of nitrogens with zero attached hydrogens (tertiary/aromatic N) is 1. The maximum Gasteiger partial charge on any atom is 0.217 e. The van der Waals surface area contributed by atoms with Crippen LogP contribution in [0.25, 0.3) is 10.9 Å². The summed E-state index contributed by atoms with van der Waals surface area (Å²) in [5.41, 5.74) is 7.89. The number of fused-ring (bicyclic) bond motifs is 1. The highest BCUT2D eigenvalue weighted by Gasteiger charge is 2.26. The molecule has 0 bridgehead atoms. The number of benzene rings is 1. The number of ether oxygens (including phenoxy) is 1. The Morgan fingerprint density at radius 1 is 1.48 bits per heavy atom. The van der Waals surface area contributed by atoms with Crippen LogP contribution in [0.1, 0.15) is 30.9 Å².